The molecule has 0 saturated carbocycles. The summed E-state index contributed by atoms with van der Waals surface area (Å²) in [5.41, 5.74) is 1.88. The molecule has 1 aliphatic heterocycles. The van der Waals surface area contributed by atoms with Gasteiger partial charge in [0.2, 0.25) is 0 Å². The van der Waals surface area contributed by atoms with Crippen molar-refractivity contribution in [3.8, 4) is 0 Å². The molecule has 3 heteroatoms. The highest BCUT2D eigenvalue weighted by Gasteiger charge is 2.16. The first kappa shape index (κ1) is 11.1. The van der Waals surface area contributed by atoms with Crippen molar-refractivity contribution in [2.24, 2.45) is 0 Å². The first-order chi connectivity index (χ1) is 7.81. The number of nitrogens with one attached hydrogen (secondary N) is 1. The van der Waals surface area contributed by atoms with Crippen LogP contribution in [0.15, 0.2) is 24.3 Å². The van der Waals surface area contributed by atoms with Crippen LogP contribution < -0.4 is 5.32 Å². The number of carbonyl (C=O) groups is 1. The molecule has 0 spiro atoms. The zero-order chi connectivity index (χ0) is 11.4. The molecular formula is C13H17NO2. The van der Waals surface area contributed by atoms with Crippen molar-refractivity contribution in [1.29, 1.82) is 0 Å². The highest BCUT2D eigenvalue weighted by molar-refractivity contribution is 5.89. The second kappa shape index (κ2) is 5.12. The van der Waals surface area contributed by atoms with Crippen LogP contribution in [0.2, 0.25) is 0 Å². The molecular weight excluding hydrogens is 202 g/mol. The van der Waals surface area contributed by atoms with Crippen LogP contribution >= 0.6 is 0 Å². The van der Waals surface area contributed by atoms with Gasteiger partial charge in [0.15, 0.2) is 0 Å². The highest BCUT2D eigenvalue weighted by atomic mass is 16.5. The average Bonchev–Trinajstić information content (AvgIpc) is 2.39. The molecule has 0 radical (unpaired) electrons. The largest absolute Gasteiger partial charge is 0.465 e. The van der Waals surface area contributed by atoms with E-state index in [1.165, 1.54) is 25.5 Å². The van der Waals surface area contributed by atoms with E-state index in [0.29, 0.717) is 11.5 Å². The summed E-state index contributed by atoms with van der Waals surface area (Å²) in [6.07, 6.45) is 2.39. The number of esters is 1. The van der Waals surface area contributed by atoms with Crippen molar-refractivity contribution in [3.63, 3.8) is 0 Å². The monoisotopic (exact) mass is 219 g/mol. The molecule has 0 aromatic heterocycles. The Kier molecular flexibility index (Phi) is 3.57. The summed E-state index contributed by atoms with van der Waals surface area (Å²) in [7, 11) is 1.41. The number of piperidine rings is 1. The molecule has 0 bridgehead atoms. The Morgan fingerprint density at radius 1 is 1.50 bits per heavy atom. The van der Waals surface area contributed by atoms with Crippen molar-refractivity contribution in [2.75, 3.05) is 20.2 Å². The molecule has 1 heterocycles. The lowest BCUT2D eigenvalue weighted by Crippen LogP contribution is -2.28. The van der Waals surface area contributed by atoms with Crippen LogP contribution in [0.4, 0.5) is 0 Å². The maximum absolute atomic E-state index is 11.4. The number of methoxy groups -OCH3 is 1. The molecule has 16 heavy (non-hydrogen) atoms. The third kappa shape index (κ3) is 2.42. The first-order valence-electron chi connectivity index (χ1n) is 5.70. The average molecular weight is 219 g/mol. The minimum Gasteiger partial charge on any atom is -0.465 e. The molecule has 1 aromatic carbocycles. The van der Waals surface area contributed by atoms with Crippen LogP contribution in [0.25, 0.3) is 0 Å². The quantitative estimate of drug-likeness (QED) is 0.772. The molecule has 1 atom stereocenters. The first-order valence-corrected chi connectivity index (χ1v) is 5.70. The van der Waals surface area contributed by atoms with Gasteiger partial charge in [-0.05, 0) is 43.0 Å². The predicted octanol–water partition coefficient (Wildman–Crippen LogP) is 1.94. The summed E-state index contributed by atoms with van der Waals surface area (Å²) >= 11 is 0. The fourth-order valence-electron chi connectivity index (χ4n) is 2.17. The molecule has 3 nitrogen and oxygen atoms in total. The Balaban J connectivity index is 2.17. The minimum atomic E-state index is -0.259. The van der Waals surface area contributed by atoms with Gasteiger partial charge in [0.05, 0.1) is 12.7 Å². The van der Waals surface area contributed by atoms with Gasteiger partial charge in [0, 0.05) is 6.54 Å². The van der Waals surface area contributed by atoms with Crippen molar-refractivity contribution >= 4 is 5.97 Å². The van der Waals surface area contributed by atoms with E-state index in [1.54, 1.807) is 6.07 Å². The van der Waals surface area contributed by atoms with E-state index in [-0.39, 0.29) is 5.97 Å². The highest BCUT2D eigenvalue weighted by Crippen LogP contribution is 2.23. The number of rotatable bonds is 2. The zero-order valence-corrected chi connectivity index (χ0v) is 9.53. The molecule has 1 aromatic rings. The normalized spacial score (nSPS) is 20.4. The van der Waals surface area contributed by atoms with Gasteiger partial charge in [-0.15, -0.1) is 0 Å². The fourth-order valence-corrected chi connectivity index (χ4v) is 2.17. The van der Waals surface area contributed by atoms with Gasteiger partial charge < -0.3 is 10.1 Å². The van der Waals surface area contributed by atoms with Crippen LogP contribution in [0.3, 0.4) is 0 Å². The Bertz CT molecular complexity index is 370. The van der Waals surface area contributed by atoms with Crippen molar-refractivity contribution in [2.45, 2.75) is 18.8 Å². The summed E-state index contributed by atoms with van der Waals surface area (Å²) in [6.45, 7) is 2.11. The Morgan fingerprint density at radius 3 is 3.06 bits per heavy atom. The van der Waals surface area contributed by atoms with Crippen molar-refractivity contribution in [3.05, 3.63) is 35.4 Å². The van der Waals surface area contributed by atoms with Gasteiger partial charge >= 0.3 is 5.97 Å². The van der Waals surface area contributed by atoms with Crippen LogP contribution in [-0.4, -0.2) is 26.2 Å². The van der Waals surface area contributed by atoms with E-state index >= 15 is 0 Å². The molecule has 1 aliphatic rings. The molecule has 1 N–H and O–H groups in total. The number of hydrogen-bond donors (Lipinski definition) is 1. The van der Waals surface area contributed by atoms with E-state index in [0.717, 1.165) is 13.1 Å². The maximum atomic E-state index is 11.4. The molecule has 0 aliphatic carbocycles. The molecule has 1 unspecified atom stereocenters. The zero-order valence-electron chi connectivity index (χ0n) is 9.53. The second-order valence-corrected chi connectivity index (χ2v) is 4.16. The van der Waals surface area contributed by atoms with E-state index in [1.807, 2.05) is 12.1 Å². The third-order valence-electron chi connectivity index (χ3n) is 3.08. The summed E-state index contributed by atoms with van der Waals surface area (Å²) in [5, 5.41) is 3.38. The van der Waals surface area contributed by atoms with Crippen LogP contribution in [0.1, 0.15) is 34.7 Å². The third-order valence-corrected chi connectivity index (χ3v) is 3.08. The number of ether oxygens (including phenoxy) is 1. The maximum Gasteiger partial charge on any atom is 0.337 e. The topological polar surface area (TPSA) is 38.3 Å². The minimum absolute atomic E-state index is 0.259. The predicted molar refractivity (Wildman–Crippen MR) is 62.6 cm³/mol. The van der Waals surface area contributed by atoms with Crippen molar-refractivity contribution in [1.82, 2.24) is 5.32 Å². The van der Waals surface area contributed by atoms with Gasteiger partial charge in [-0.2, -0.15) is 0 Å². The molecule has 1 fully saturated rings. The summed E-state index contributed by atoms with van der Waals surface area (Å²) in [6, 6.07) is 7.76. The van der Waals surface area contributed by atoms with Gasteiger partial charge in [-0.3, -0.25) is 0 Å². The second-order valence-electron chi connectivity index (χ2n) is 4.16. The van der Waals surface area contributed by atoms with Gasteiger partial charge in [-0.25, -0.2) is 4.79 Å². The van der Waals surface area contributed by atoms with Crippen LogP contribution in [-0.2, 0) is 4.74 Å². The summed E-state index contributed by atoms with van der Waals surface area (Å²) in [5.74, 6) is 0.268. The Morgan fingerprint density at radius 2 is 2.38 bits per heavy atom. The standard InChI is InChI=1S/C13H17NO2/c1-16-13(15)11-5-2-4-10(8-11)12-6-3-7-14-9-12/h2,4-5,8,12,14H,3,6-7,9H2,1H3. The lowest BCUT2D eigenvalue weighted by molar-refractivity contribution is 0.0600. The Hall–Kier alpha value is -1.35. The van der Waals surface area contributed by atoms with E-state index in [9.17, 15) is 4.79 Å². The number of hydrogen-bond acceptors (Lipinski definition) is 3. The Labute approximate surface area is 95.8 Å². The number of carbonyl (C=O) groups excluding carboxylic acids is 1. The lowest BCUT2D eigenvalue weighted by atomic mass is 9.91. The molecule has 86 valence electrons. The van der Waals surface area contributed by atoms with Crippen LogP contribution in [0.5, 0.6) is 0 Å². The van der Waals surface area contributed by atoms with Crippen molar-refractivity contribution < 1.29 is 9.53 Å². The van der Waals surface area contributed by atoms with E-state index in [2.05, 4.69) is 11.4 Å². The van der Waals surface area contributed by atoms with Gasteiger partial charge in [0.25, 0.3) is 0 Å². The molecule has 2 rings (SSSR count). The number of benzene rings is 1. The fraction of sp³-hybridized carbons (Fsp3) is 0.462. The summed E-state index contributed by atoms with van der Waals surface area (Å²) in [4.78, 5) is 11.4. The van der Waals surface area contributed by atoms with Gasteiger partial charge in [-0.1, -0.05) is 12.1 Å². The van der Waals surface area contributed by atoms with Gasteiger partial charge in [0.1, 0.15) is 0 Å². The van der Waals surface area contributed by atoms with Crippen LogP contribution in [0, 0.1) is 0 Å². The van der Waals surface area contributed by atoms with E-state index < -0.39 is 0 Å². The lowest BCUT2D eigenvalue weighted by Gasteiger charge is -2.23. The molecule has 0 amide bonds. The smallest absolute Gasteiger partial charge is 0.337 e. The van der Waals surface area contributed by atoms with E-state index in [4.69, 9.17) is 4.74 Å². The SMILES string of the molecule is COC(=O)c1cccc(C2CCCNC2)c1. The summed E-state index contributed by atoms with van der Waals surface area (Å²) < 4.78 is 4.72. The molecule has 1 saturated heterocycles.